The fourth-order valence-electron chi connectivity index (χ4n) is 2.06. The highest BCUT2D eigenvalue weighted by Crippen LogP contribution is 2.08. The summed E-state index contributed by atoms with van der Waals surface area (Å²) in [5.41, 5.74) is 0.776. The van der Waals surface area contributed by atoms with Crippen LogP contribution >= 0.6 is 24.0 Å². The molecule has 0 unspecified atom stereocenters. The minimum Gasteiger partial charge on any atom is -0.336 e. The Morgan fingerprint density at radius 2 is 1.72 bits per heavy atom. The van der Waals surface area contributed by atoms with E-state index in [-0.39, 0.29) is 18.3 Å². The summed E-state index contributed by atoms with van der Waals surface area (Å²) in [6.07, 6.45) is 0. The van der Waals surface area contributed by atoms with Gasteiger partial charge in [-0.15, -0.1) is 24.0 Å². The molecule has 5 heteroatoms. The lowest BCUT2D eigenvalue weighted by molar-refractivity contribution is 0.0644. The molecular formula is C13H18Cl2N2O. The average molecular weight is 289 g/mol. The van der Waals surface area contributed by atoms with Crippen LogP contribution < -0.4 is 0 Å². The Balaban J connectivity index is 0.00000162. The Morgan fingerprint density at radius 1 is 1.11 bits per heavy atom. The van der Waals surface area contributed by atoms with E-state index in [0.717, 1.165) is 38.3 Å². The lowest BCUT2D eigenvalue weighted by Crippen LogP contribution is -2.49. The summed E-state index contributed by atoms with van der Waals surface area (Å²) in [4.78, 5) is 16.4. The molecule has 0 aromatic heterocycles. The van der Waals surface area contributed by atoms with Crippen LogP contribution in [0.15, 0.2) is 30.3 Å². The lowest BCUT2D eigenvalue weighted by Gasteiger charge is -2.34. The lowest BCUT2D eigenvalue weighted by atomic mass is 10.2. The predicted octanol–water partition coefficient (Wildman–Crippen LogP) is 2.10. The molecule has 0 bridgehead atoms. The molecule has 3 nitrogen and oxygen atoms in total. The van der Waals surface area contributed by atoms with Crippen LogP contribution in [0.4, 0.5) is 0 Å². The predicted molar refractivity (Wildman–Crippen MR) is 76.8 cm³/mol. The standard InChI is InChI=1S/C13H17ClN2O.ClH/c14-6-7-15-8-10-16(11-9-15)13(17)12-4-2-1-3-5-12;/h1-5H,6-11H2;1H. The highest BCUT2D eigenvalue weighted by molar-refractivity contribution is 6.18. The van der Waals surface area contributed by atoms with E-state index in [2.05, 4.69) is 4.90 Å². The third kappa shape index (κ3) is 3.87. The third-order valence-corrected chi connectivity index (χ3v) is 3.25. The number of piperazine rings is 1. The highest BCUT2D eigenvalue weighted by atomic mass is 35.5. The van der Waals surface area contributed by atoms with Gasteiger partial charge in [-0.3, -0.25) is 9.69 Å². The molecule has 0 saturated carbocycles. The smallest absolute Gasteiger partial charge is 0.253 e. The molecule has 1 aliphatic rings. The molecule has 1 aromatic carbocycles. The molecule has 0 radical (unpaired) electrons. The zero-order valence-corrected chi connectivity index (χ0v) is 11.8. The van der Waals surface area contributed by atoms with Crippen LogP contribution in [0.2, 0.25) is 0 Å². The summed E-state index contributed by atoms with van der Waals surface area (Å²) in [5, 5.41) is 0. The van der Waals surface area contributed by atoms with Gasteiger partial charge in [0.2, 0.25) is 0 Å². The van der Waals surface area contributed by atoms with Crippen LogP contribution in [0.5, 0.6) is 0 Å². The van der Waals surface area contributed by atoms with Crippen LogP contribution in [0, 0.1) is 0 Å². The van der Waals surface area contributed by atoms with E-state index in [0.29, 0.717) is 5.88 Å². The monoisotopic (exact) mass is 288 g/mol. The second-order valence-electron chi connectivity index (χ2n) is 4.19. The Morgan fingerprint density at radius 3 is 2.28 bits per heavy atom. The van der Waals surface area contributed by atoms with E-state index in [1.54, 1.807) is 0 Å². The topological polar surface area (TPSA) is 23.6 Å². The number of hydrogen-bond donors (Lipinski definition) is 0. The van der Waals surface area contributed by atoms with E-state index in [9.17, 15) is 4.79 Å². The summed E-state index contributed by atoms with van der Waals surface area (Å²) in [5.74, 6) is 0.795. The Bertz CT molecular complexity index is 365. The zero-order chi connectivity index (χ0) is 12.1. The fourth-order valence-corrected chi connectivity index (χ4v) is 2.30. The molecule has 1 fully saturated rings. The van der Waals surface area contributed by atoms with E-state index in [4.69, 9.17) is 11.6 Å². The van der Waals surface area contributed by atoms with Gasteiger partial charge in [-0.25, -0.2) is 0 Å². The first kappa shape index (κ1) is 15.3. The maximum atomic E-state index is 12.1. The van der Waals surface area contributed by atoms with Crippen LogP contribution in [-0.2, 0) is 0 Å². The number of halogens is 2. The molecule has 1 saturated heterocycles. The molecule has 100 valence electrons. The Kier molecular flexibility index (Phi) is 6.47. The summed E-state index contributed by atoms with van der Waals surface area (Å²) in [7, 11) is 0. The van der Waals surface area contributed by atoms with Gasteiger partial charge in [0.1, 0.15) is 0 Å². The van der Waals surface area contributed by atoms with Crippen molar-refractivity contribution in [2.24, 2.45) is 0 Å². The van der Waals surface area contributed by atoms with Crippen molar-refractivity contribution in [3.8, 4) is 0 Å². The first-order valence-corrected chi connectivity index (χ1v) is 6.47. The van der Waals surface area contributed by atoms with Crippen molar-refractivity contribution in [1.29, 1.82) is 0 Å². The highest BCUT2D eigenvalue weighted by Gasteiger charge is 2.21. The molecule has 0 N–H and O–H groups in total. The molecule has 1 aromatic rings. The van der Waals surface area contributed by atoms with E-state index in [1.807, 2.05) is 35.2 Å². The van der Waals surface area contributed by atoms with E-state index >= 15 is 0 Å². The van der Waals surface area contributed by atoms with Crippen molar-refractivity contribution >= 4 is 29.9 Å². The Hall–Kier alpha value is -0.770. The molecule has 1 amide bonds. The van der Waals surface area contributed by atoms with Crippen molar-refractivity contribution in [3.63, 3.8) is 0 Å². The van der Waals surface area contributed by atoms with Crippen LogP contribution in [0.1, 0.15) is 10.4 Å². The zero-order valence-electron chi connectivity index (χ0n) is 10.2. The first-order chi connectivity index (χ1) is 8.31. The maximum absolute atomic E-state index is 12.1. The van der Waals surface area contributed by atoms with Gasteiger partial charge >= 0.3 is 0 Å². The van der Waals surface area contributed by atoms with Crippen LogP contribution in [-0.4, -0.2) is 54.3 Å². The molecule has 2 rings (SSSR count). The summed E-state index contributed by atoms with van der Waals surface area (Å²) < 4.78 is 0. The van der Waals surface area contributed by atoms with Crippen molar-refractivity contribution in [2.45, 2.75) is 0 Å². The maximum Gasteiger partial charge on any atom is 0.253 e. The largest absolute Gasteiger partial charge is 0.336 e. The van der Waals surface area contributed by atoms with E-state index < -0.39 is 0 Å². The number of carbonyl (C=O) groups excluding carboxylic acids is 1. The molecule has 18 heavy (non-hydrogen) atoms. The number of amides is 1. The normalized spacial score (nSPS) is 16.2. The summed E-state index contributed by atoms with van der Waals surface area (Å²) in [6, 6.07) is 9.46. The molecule has 1 heterocycles. The molecule has 0 aliphatic carbocycles. The van der Waals surface area contributed by atoms with Gasteiger partial charge in [0.25, 0.3) is 5.91 Å². The summed E-state index contributed by atoms with van der Waals surface area (Å²) in [6.45, 7) is 4.35. The minimum absolute atomic E-state index is 0. The molecule has 0 spiro atoms. The van der Waals surface area contributed by atoms with Crippen molar-refractivity contribution in [3.05, 3.63) is 35.9 Å². The molecule has 1 aliphatic heterocycles. The van der Waals surface area contributed by atoms with Gasteiger partial charge in [0, 0.05) is 44.2 Å². The van der Waals surface area contributed by atoms with E-state index in [1.165, 1.54) is 0 Å². The van der Waals surface area contributed by atoms with Gasteiger partial charge in [0.15, 0.2) is 0 Å². The van der Waals surface area contributed by atoms with Crippen molar-refractivity contribution in [2.75, 3.05) is 38.6 Å². The second kappa shape index (κ2) is 7.62. The average Bonchev–Trinajstić information content (AvgIpc) is 2.40. The van der Waals surface area contributed by atoms with Gasteiger partial charge in [-0.05, 0) is 12.1 Å². The number of benzene rings is 1. The number of rotatable bonds is 3. The Labute approximate surface area is 119 Å². The van der Waals surface area contributed by atoms with Gasteiger partial charge in [-0.1, -0.05) is 18.2 Å². The minimum atomic E-state index is 0. The van der Waals surface area contributed by atoms with Gasteiger partial charge in [-0.2, -0.15) is 0 Å². The summed E-state index contributed by atoms with van der Waals surface area (Å²) >= 11 is 5.71. The fraction of sp³-hybridized carbons (Fsp3) is 0.462. The third-order valence-electron chi connectivity index (χ3n) is 3.08. The van der Waals surface area contributed by atoms with Crippen molar-refractivity contribution in [1.82, 2.24) is 9.80 Å². The molecular weight excluding hydrogens is 271 g/mol. The number of hydrogen-bond acceptors (Lipinski definition) is 2. The molecule has 0 atom stereocenters. The SMILES string of the molecule is Cl.O=C(c1ccccc1)N1CCN(CCCl)CC1. The quantitative estimate of drug-likeness (QED) is 0.796. The first-order valence-electron chi connectivity index (χ1n) is 5.94. The van der Waals surface area contributed by atoms with Crippen LogP contribution in [0.25, 0.3) is 0 Å². The number of nitrogens with zero attached hydrogens (tertiary/aromatic N) is 2. The number of carbonyl (C=O) groups is 1. The number of alkyl halides is 1. The second-order valence-corrected chi connectivity index (χ2v) is 4.57. The van der Waals surface area contributed by atoms with Gasteiger partial charge < -0.3 is 4.90 Å². The van der Waals surface area contributed by atoms with Crippen LogP contribution in [0.3, 0.4) is 0 Å². The van der Waals surface area contributed by atoms with Gasteiger partial charge in [0.05, 0.1) is 0 Å². The van der Waals surface area contributed by atoms with Crippen molar-refractivity contribution < 1.29 is 4.79 Å².